The van der Waals surface area contributed by atoms with E-state index >= 15 is 0 Å². The van der Waals surface area contributed by atoms with Crippen LogP contribution in [0, 0.1) is 10.1 Å². The van der Waals surface area contributed by atoms with Gasteiger partial charge in [-0.3, -0.25) is 15.5 Å². The van der Waals surface area contributed by atoms with Gasteiger partial charge in [-0.1, -0.05) is 30.9 Å². The predicted molar refractivity (Wildman–Crippen MR) is 90.9 cm³/mol. The molecule has 0 aliphatic heterocycles. The highest BCUT2D eigenvalue weighted by atomic mass is 35.5. The Labute approximate surface area is 143 Å². The normalized spacial score (nSPS) is 15.5. The smallest absolute Gasteiger partial charge is 0.263 e. The first-order chi connectivity index (χ1) is 11.0. The highest BCUT2D eigenvalue weighted by Gasteiger charge is 2.14. The van der Waals surface area contributed by atoms with Gasteiger partial charge in [-0.05, 0) is 42.4 Å². The minimum Gasteiger partial charge on any atom is -0.867 e. The molecule has 124 valence electrons. The molecule has 9 heteroatoms. The lowest BCUT2D eigenvalue weighted by Crippen LogP contribution is -2.40. The zero-order chi connectivity index (χ0) is 16.8. The van der Waals surface area contributed by atoms with E-state index in [0.29, 0.717) is 11.2 Å². The van der Waals surface area contributed by atoms with Gasteiger partial charge >= 0.3 is 0 Å². The van der Waals surface area contributed by atoms with Crippen molar-refractivity contribution in [2.24, 2.45) is 5.10 Å². The molecular formula is C14H16ClN4O3S-. The molecule has 1 aliphatic rings. The number of nitro benzene ring substituents is 1. The van der Waals surface area contributed by atoms with Crippen LogP contribution in [0.5, 0.6) is 5.75 Å². The van der Waals surface area contributed by atoms with E-state index in [4.69, 9.17) is 23.8 Å². The van der Waals surface area contributed by atoms with Crippen LogP contribution in [0.15, 0.2) is 17.2 Å². The van der Waals surface area contributed by atoms with Crippen molar-refractivity contribution in [3.8, 4) is 5.75 Å². The molecule has 1 aliphatic carbocycles. The van der Waals surface area contributed by atoms with Gasteiger partial charge in [0.15, 0.2) is 5.11 Å². The van der Waals surface area contributed by atoms with Crippen LogP contribution in [0.25, 0.3) is 0 Å². The number of nitro groups is 1. The third-order valence-corrected chi connectivity index (χ3v) is 4.00. The topological polar surface area (TPSA) is 103 Å². The molecule has 7 nitrogen and oxygen atoms in total. The summed E-state index contributed by atoms with van der Waals surface area (Å²) in [4.78, 5) is 10.0. The summed E-state index contributed by atoms with van der Waals surface area (Å²) in [7, 11) is 0. The Balaban J connectivity index is 1.97. The van der Waals surface area contributed by atoms with E-state index in [-0.39, 0.29) is 10.6 Å². The Morgan fingerprint density at radius 1 is 1.39 bits per heavy atom. The summed E-state index contributed by atoms with van der Waals surface area (Å²) in [6.07, 6.45) is 6.91. The highest BCUT2D eigenvalue weighted by Crippen LogP contribution is 2.29. The van der Waals surface area contributed by atoms with Crippen LogP contribution in [0.1, 0.15) is 37.7 Å². The fraction of sp³-hybridized carbons (Fsp3) is 0.429. The standard InChI is InChI=1S/C14H17ClN4O3S/c15-10-6-9(13(20)12(7-10)19(21)22)8-16-18-14(23)17-11-4-2-1-3-5-11/h6-8,11,20H,1-5H2,(H2,17,18,23)/p-1/b16-8-. The monoisotopic (exact) mass is 355 g/mol. The maximum Gasteiger partial charge on any atom is 0.263 e. The van der Waals surface area contributed by atoms with Gasteiger partial charge in [-0.25, -0.2) is 0 Å². The van der Waals surface area contributed by atoms with Gasteiger partial charge < -0.3 is 10.4 Å². The van der Waals surface area contributed by atoms with E-state index in [1.54, 1.807) is 0 Å². The van der Waals surface area contributed by atoms with Gasteiger partial charge in [-0.15, -0.1) is 0 Å². The molecular weight excluding hydrogens is 340 g/mol. The van der Waals surface area contributed by atoms with Crippen molar-refractivity contribution in [1.82, 2.24) is 10.7 Å². The van der Waals surface area contributed by atoms with Crippen molar-refractivity contribution >= 4 is 40.8 Å². The third kappa shape index (κ3) is 5.04. The first-order valence-corrected chi connectivity index (χ1v) is 8.00. The van der Waals surface area contributed by atoms with E-state index in [0.717, 1.165) is 18.9 Å². The molecule has 0 heterocycles. The lowest BCUT2D eigenvalue weighted by Gasteiger charge is -2.23. The number of nitrogens with one attached hydrogen (secondary N) is 2. The van der Waals surface area contributed by atoms with E-state index in [1.165, 1.54) is 31.5 Å². The lowest BCUT2D eigenvalue weighted by molar-refractivity contribution is -0.398. The van der Waals surface area contributed by atoms with Gasteiger partial charge in [0.25, 0.3) is 5.69 Å². The Morgan fingerprint density at radius 2 is 2.09 bits per heavy atom. The lowest BCUT2D eigenvalue weighted by atomic mass is 9.96. The minimum atomic E-state index is -0.770. The van der Waals surface area contributed by atoms with Gasteiger partial charge in [0, 0.05) is 17.1 Å². The van der Waals surface area contributed by atoms with Crippen molar-refractivity contribution in [1.29, 1.82) is 0 Å². The second-order valence-electron chi connectivity index (χ2n) is 5.28. The number of hydrogen-bond donors (Lipinski definition) is 2. The first-order valence-electron chi connectivity index (χ1n) is 7.22. The summed E-state index contributed by atoms with van der Waals surface area (Å²) >= 11 is 10.9. The fourth-order valence-electron chi connectivity index (χ4n) is 2.46. The van der Waals surface area contributed by atoms with Crippen molar-refractivity contribution < 1.29 is 10.0 Å². The maximum absolute atomic E-state index is 11.9. The molecule has 0 radical (unpaired) electrons. The van der Waals surface area contributed by atoms with Gasteiger partial charge in [-0.2, -0.15) is 5.10 Å². The summed E-state index contributed by atoms with van der Waals surface area (Å²) < 4.78 is 0. The third-order valence-electron chi connectivity index (χ3n) is 3.57. The molecule has 2 N–H and O–H groups in total. The largest absolute Gasteiger partial charge is 0.867 e. The maximum atomic E-state index is 11.9. The van der Waals surface area contributed by atoms with E-state index in [2.05, 4.69) is 15.8 Å². The summed E-state index contributed by atoms with van der Waals surface area (Å²) in [5, 5.41) is 30.1. The summed E-state index contributed by atoms with van der Waals surface area (Å²) in [6.45, 7) is 0. The quantitative estimate of drug-likeness (QED) is 0.372. The number of hydrogen-bond acceptors (Lipinski definition) is 5. The molecule has 0 aromatic heterocycles. The summed E-state index contributed by atoms with van der Waals surface area (Å²) in [5.74, 6) is -0.740. The Hall–Kier alpha value is -1.93. The molecule has 1 saturated carbocycles. The summed E-state index contributed by atoms with van der Waals surface area (Å²) in [5.41, 5.74) is 2.06. The highest BCUT2D eigenvalue weighted by molar-refractivity contribution is 7.80. The minimum absolute atomic E-state index is 0.0252. The number of nitrogens with zero attached hydrogens (tertiary/aromatic N) is 2. The number of hydrazone groups is 1. The first kappa shape index (κ1) is 17.4. The number of rotatable bonds is 4. The second-order valence-corrected chi connectivity index (χ2v) is 6.12. The van der Waals surface area contributed by atoms with Crippen LogP contribution in [0.3, 0.4) is 0 Å². The molecule has 0 unspecified atom stereocenters. The molecule has 23 heavy (non-hydrogen) atoms. The zero-order valence-electron chi connectivity index (χ0n) is 12.3. The van der Waals surface area contributed by atoms with Crippen LogP contribution in [0.2, 0.25) is 5.02 Å². The van der Waals surface area contributed by atoms with Crippen LogP contribution >= 0.6 is 23.8 Å². The van der Waals surface area contributed by atoms with Crippen molar-refractivity contribution in [2.75, 3.05) is 0 Å². The molecule has 0 saturated heterocycles. The molecule has 0 bridgehead atoms. The van der Waals surface area contributed by atoms with Gasteiger partial charge in [0.1, 0.15) is 0 Å². The number of thiocarbonyl (C=S) groups is 1. The average molecular weight is 356 g/mol. The van der Waals surface area contributed by atoms with Crippen molar-refractivity contribution in [2.45, 2.75) is 38.1 Å². The van der Waals surface area contributed by atoms with Gasteiger partial charge in [0.05, 0.1) is 11.1 Å². The van der Waals surface area contributed by atoms with Crippen molar-refractivity contribution in [3.05, 3.63) is 32.8 Å². The fourth-order valence-corrected chi connectivity index (χ4v) is 2.90. The van der Waals surface area contributed by atoms with Gasteiger partial charge in [0.2, 0.25) is 0 Å². The molecule has 1 aromatic rings. The van der Waals surface area contributed by atoms with E-state index < -0.39 is 16.4 Å². The summed E-state index contributed by atoms with van der Waals surface area (Å²) in [6, 6.07) is 2.67. The molecule has 1 aromatic carbocycles. The predicted octanol–water partition coefficient (Wildman–Crippen LogP) is 2.45. The number of halogens is 1. The Kier molecular flexibility index (Phi) is 6.12. The second kappa shape index (κ2) is 8.07. The molecule has 2 rings (SSSR count). The number of benzene rings is 1. The van der Waals surface area contributed by atoms with Crippen molar-refractivity contribution in [3.63, 3.8) is 0 Å². The van der Waals surface area contributed by atoms with Crippen LogP contribution < -0.4 is 15.8 Å². The van der Waals surface area contributed by atoms with Crippen LogP contribution in [-0.4, -0.2) is 22.3 Å². The zero-order valence-corrected chi connectivity index (χ0v) is 13.8. The van der Waals surface area contributed by atoms with E-state index in [1.807, 2.05) is 0 Å². The average Bonchev–Trinajstić information content (AvgIpc) is 2.51. The van der Waals surface area contributed by atoms with Crippen LogP contribution in [0.4, 0.5) is 5.69 Å². The van der Waals surface area contributed by atoms with Crippen LogP contribution in [-0.2, 0) is 0 Å². The molecule has 0 atom stereocenters. The molecule has 0 spiro atoms. The van der Waals surface area contributed by atoms with E-state index in [9.17, 15) is 15.2 Å². The molecule has 1 fully saturated rings. The SMILES string of the molecule is O=[N+]([O-])c1cc(Cl)cc(/C=N\NC(=S)NC2CCCCC2)c1[O-]. The Bertz CT molecular complexity index is 633. The Morgan fingerprint density at radius 3 is 2.74 bits per heavy atom. The molecule has 0 amide bonds.